The molecule has 0 saturated heterocycles. The van der Waals surface area contributed by atoms with Gasteiger partial charge in [0.25, 0.3) is 0 Å². The van der Waals surface area contributed by atoms with Crippen LogP contribution in [0.3, 0.4) is 0 Å². The van der Waals surface area contributed by atoms with Gasteiger partial charge in [-0.15, -0.1) is 0 Å². The Labute approximate surface area is 318 Å². The van der Waals surface area contributed by atoms with Crippen LogP contribution in [0.5, 0.6) is 0 Å². The van der Waals surface area contributed by atoms with Crippen molar-refractivity contribution in [2.75, 3.05) is 39.5 Å². The number of ether oxygens (including phenoxy) is 2. The van der Waals surface area contributed by atoms with Crippen LogP contribution in [0.15, 0.2) is 0 Å². The molecule has 0 spiro atoms. The minimum Gasteiger partial charge on any atom is -0.465 e. The standard InChI is InChI=1S/C45H89NO5/c1-6-9-12-15-16-24-31-40-50-44(49)45(4,5)35-28-21-23-30-37-46(38-39-47)36-29-22-17-20-27-34-43(48)51-41-42(32-25-18-13-10-7-2)33-26-19-14-11-8-3/h42,47H,6-41H2,1-5H3. The number of aliphatic hydroxyl groups is 1. The van der Waals surface area contributed by atoms with Gasteiger partial charge >= 0.3 is 11.9 Å². The first kappa shape index (κ1) is 49.9. The normalized spacial score (nSPS) is 11.9. The lowest BCUT2D eigenvalue weighted by Gasteiger charge is -2.23. The van der Waals surface area contributed by atoms with Crippen molar-refractivity contribution >= 4 is 11.9 Å². The van der Waals surface area contributed by atoms with Crippen molar-refractivity contribution in [2.24, 2.45) is 11.3 Å². The van der Waals surface area contributed by atoms with Gasteiger partial charge in [-0.3, -0.25) is 9.59 Å². The number of unbranched alkanes of at least 4 members (excludes halogenated alkanes) is 21. The molecule has 6 nitrogen and oxygen atoms in total. The zero-order valence-electron chi connectivity index (χ0n) is 35.1. The number of hydrogen-bond acceptors (Lipinski definition) is 6. The third kappa shape index (κ3) is 33.2. The summed E-state index contributed by atoms with van der Waals surface area (Å²) in [4.78, 5) is 27.5. The fraction of sp³-hybridized carbons (Fsp3) is 0.956. The summed E-state index contributed by atoms with van der Waals surface area (Å²) in [7, 11) is 0. The Morgan fingerprint density at radius 1 is 0.549 bits per heavy atom. The summed E-state index contributed by atoms with van der Waals surface area (Å²) in [5.41, 5.74) is -0.409. The third-order valence-corrected chi connectivity index (χ3v) is 10.7. The van der Waals surface area contributed by atoms with E-state index >= 15 is 0 Å². The van der Waals surface area contributed by atoms with E-state index in [4.69, 9.17) is 9.47 Å². The lowest BCUT2D eigenvalue weighted by Crippen LogP contribution is -2.29. The highest BCUT2D eigenvalue weighted by Gasteiger charge is 2.28. The molecular formula is C45H89NO5. The highest BCUT2D eigenvalue weighted by molar-refractivity contribution is 5.75. The smallest absolute Gasteiger partial charge is 0.311 e. The fourth-order valence-corrected chi connectivity index (χ4v) is 7.06. The van der Waals surface area contributed by atoms with Crippen LogP contribution in [-0.2, 0) is 19.1 Å². The number of esters is 2. The van der Waals surface area contributed by atoms with Crippen molar-refractivity contribution in [3.8, 4) is 0 Å². The van der Waals surface area contributed by atoms with Gasteiger partial charge in [0.1, 0.15) is 0 Å². The average Bonchev–Trinajstić information content (AvgIpc) is 3.11. The zero-order valence-corrected chi connectivity index (χ0v) is 35.1. The van der Waals surface area contributed by atoms with Crippen molar-refractivity contribution in [1.29, 1.82) is 0 Å². The molecule has 0 aliphatic rings. The highest BCUT2D eigenvalue weighted by Crippen LogP contribution is 2.26. The molecule has 0 aliphatic heterocycles. The number of nitrogens with zero attached hydrogens (tertiary/aromatic N) is 1. The molecule has 0 aromatic rings. The quantitative estimate of drug-likeness (QED) is 0.0501. The molecule has 0 unspecified atom stereocenters. The average molecular weight is 724 g/mol. The molecular weight excluding hydrogens is 634 g/mol. The maximum atomic E-state index is 12.6. The molecule has 0 aromatic carbocycles. The second-order valence-electron chi connectivity index (χ2n) is 16.3. The van der Waals surface area contributed by atoms with Gasteiger partial charge in [-0.2, -0.15) is 0 Å². The molecule has 6 heteroatoms. The maximum Gasteiger partial charge on any atom is 0.311 e. The van der Waals surface area contributed by atoms with Gasteiger partial charge < -0.3 is 19.5 Å². The molecule has 0 aromatic heterocycles. The van der Waals surface area contributed by atoms with Crippen molar-refractivity contribution in [1.82, 2.24) is 4.90 Å². The van der Waals surface area contributed by atoms with E-state index in [1.165, 1.54) is 116 Å². The van der Waals surface area contributed by atoms with E-state index in [2.05, 4.69) is 25.7 Å². The van der Waals surface area contributed by atoms with Gasteiger partial charge in [0.05, 0.1) is 25.2 Å². The zero-order chi connectivity index (χ0) is 37.7. The summed E-state index contributed by atoms with van der Waals surface area (Å²) in [6.07, 6.45) is 35.4. The minimum absolute atomic E-state index is 0.00612. The van der Waals surface area contributed by atoms with Gasteiger partial charge in [0.2, 0.25) is 0 Å². The molecule has 0 bridgehead atoms. The Bertz CT molecular complexity index is 743. The van der Waals surface area contributed by atoms with Crippen LogP contribution in [0.2, 0.25) is 0 Å². The number of carbonyl (C=O) groups is 2. The van der Waals surface area contributed by atoms with Crippen LogP contribution in [0.1, 0.15) is 227 Å². The van der Waals surface area contributed by atoms with Gasteiger partial charge in [0.15, 0.2) is 0 Å². The number of rotatable bonds is 40. The predicted octanol–water partition coefficient (Wildman–Crippen LogP) is 12.8. The van der Waals surface area contributed by atoms with E-state index in [1.54, 1.807) is 0 Å². The van der Waals surface area contributed by atoms with Crippen molar-refractivity contribution in [3.05, 3.63) is 0 Å². The molecule has 0 amide bonds. The molecule has 0 heterocycles. The summed E-state index contributed by atoms with van der Waals surface area (Å²) in [6, 6.07) is 0. The molecule has 0 rings (SSSR count). The molecule has 0 saturated carbocycles. The SMILES string of the molecule is CCCCCCCCCOC(=O)C(C)(C)CCCCCCN(CCO)CCCCCCCC(=O)OCC(CCCCCCC)CCCCCCC. The van der Waals surface area contributed by atoms with E-state index in [0.717, 1.165) is 90.3 Å². The van der Waals surface area contributed by atoms with Crippen LogP contribution >= 0.6 is 0 Å². The van der Waals surface area contributed by atoms with Crippen LogP contribution in [-0.4, -0.2) is 61.4 Å². The molecule has 0 atom stereocenters. The van der Waals surface area contributed by atoms with Crippen molar-refractivity contribution in [2.45, 2.75) is 227 Å². The number of carbonyl (C=O) groups excluding carboxylic acids is 2. The fourth-order valence-electron chi connectivity index (χ4n) is 7.06. The van der Waals surface area contributed by atoms with E-state index in [1.807, 2.05) is 13.8 Å². The first-order valence-electron chi connectivity index (χ1n) is 22.5. The largest absolute Gasteiger partial charge is 0.465 e. The Kier molecular flexibility index (Phi) is 36.4. The van der Waals surface area contributed by atoms with E-state index in [0.29, 0.717) is 25.6 Å². The van der Waals surface area contributed by atoms with E-state index in [9.17, 15) is 14.7 Å². The number of aliphatic hydroxyl groups excluding tert-OH is 1. The van der Waals surface area contributed by atoms with E-state index < -0.39 is 5.41 Å². The Balaban J connectivity index is 4.02. The molecule has 0 fully saturated rings. The third-order valence-electron chi connectivity index (χ3n) is 10.7. The lowest BCUT2D eigenvalue weighted by molar-refractivity contribution is -0.154. The second kappa shape index (κ2) is 37.2. The number of hydrogen-bond donors (Lipinski definition) is 1. The Morgan fingerprint density at radius 3 is 1.53 bits per heavy atom. The Hall–Kier alpha value is -1.14. The second-order valence-corrected chi connectivity index (χ2v) is 16.3. The van der Waals surface area contributed by atoms with Crippen molar-refractivity contribution < 1.29 is 24.2 Å². The summed E-state index contributed by atoms with van der Waals surface area (Å²) in [5, 5.41) is 9.57. The van der Waals surface area contributed by atoms with Crippen LogP contribution in [0.4, 0.5) is 0 Å². The van der Waals surface area contributed by atoms with Crippen LogP contribution in [0.25, 0.3) is 0 Å². The minimum atomic E-state index is -0.409. The van der Waals surface area contributed by atoms with E-state index in [-0.39, 0.29) is 18.5 Å². The molecule has 0 aliphatic carbocycles. The van der Waals surface area contributed by atoms with Crippen LogP contribution in [0, 0.1) is 11.3 Å². The summed E-state index contributed by atoms with van der Waals surface area (Å²) < 4.78 is 11.4. The lowest BCUT2D eigenvalue weighted by atomic mass is 9.87. The first-order valence-corrected chi connectivity index (χ1v) is 22.5. The van der Waals surface area contributed by atoms with Gasteiger partial charge in [-0.1, -0.05) is 162 Å². The summed E-state index contributed by atoms with van der Waals surface area (Å²) >= 11 is 0. The summed E-state index contributed by atoms with van der Waals surface area (Å²) in [5.74, 6) is 0.484. The predicted molar refractivity (Wildman–Crippen MR) is 218 cm³/mol. The van der Waals surface area contributed by atoms with Crippen LogP contribution < -0.4 is 0 Å². The highest BCUT2D eigenvalue weighted by atomic mass is 16.5. The van der Waals surface area contributed by atoms with Gasteiger partial charge in [-0.05, 0) is 77.8 Å². The first-order chi connectivity index (χ1) is 24.8. The molecule has 304 valence electrons. The maximum absolute atomic E-state index is 12.6. The van der Waals surface area contributed by atoms with Gasteiger partial charge in [-0.25, -0.2) is 0 Å². The monoisotopic (exact) mass is 724 g/mol. The molecule has 51 heavy (non-hydrogen) atoms. The van der Waals surface area contributed by atoms with Gasteiger partial charge in [0, 0.05) is 13.0 Å². The molecule has 0 radical (unpaired) electrons. The Morgan fingerprint density at radius 2 is 1.00 bits per heavy atom. The van der Waals surface area contributed by atoms with Crippen molar-refractivity contribution in [3.63, 3.8) is 0 Å². The summed E-state index contributed by atoms with van der Waals surface area (Å²) in [6.45, 7) is 15.0. The topological polar surface area (TPSA) is 76.1 Å². The molecule has 1 N–H and O–H groups in total.